The zero-order valence-electron chi connectivity index (χ0n) is 17.4. The molecule has 7 nitrogen and oxygen atoms in total. The summed E-state index contributed by atoms with van der Waals surface area (Å²) in [4.78, 5) is 0. The molecule has 7 atom stereocenters. The summed E-state index contributed by atoms with van der Waals surface area (Å²) in [7, 11) is 0. The summed E-state index contributed by atoms with van der Waals surface area (Å²) < 4.78 is 17.1. The molecule has 2 aromatic carbocycles. The first kappa shape index (κ1) is 22.1. The van der Waals surface area contributed by atoms with Gasteiger partial charge in [-0.1, -0.05) is 35.9 Å². The predicted octanol–water partition coefficient (Wildman–Crippen LogP) is 1.47. The van der Waals surface area contributed by atoms with E-state index in [1.165, 1.54) is 0 Å². The number of hydrogen-bond acceptors (Lipinski definition) is 7. The number of fused-ring (bicyclic) bond motifs is 1. The van der Waals surface area contributed by atoms with Crippen LogP contribution in [0.1, 0.15) is 22.8 Å². The zero-order valence-corrected chi connectivity index (χ0v) is 18.1. The summed E-state index contributed by atoms with van der Waals surface area (Å²) in [6.07, 6.45) is -5.16. The molecule has 5 rings (SSSR count). The highest BCUT2D eigenvalue weighted by atomic mass is 35.5. The van der Waals surface area contributed by atoms with Crippen molar-refractivity contribution >= 4 is 11.6 Å². The Balaban J connectivity index is 1.29. The molecule has 4 N–H and O–H groups in total. The van der Waals surface area contributed by atoms with Crippen molar-refractivity contribution in [1.82, 2.24) is 0 Å². The third-order valence-electron chi connectivity index (χ3n) is 6.75. The molecule has 2 aromatic rings. The van der Waals surface area contributed by atoms with E-state index in [9.17, 15) is 20.4 Å². The van der Waals surface area contributed by atoms with Crippen LogP contribution in [0.3, 0.4) is 0 Å². The second-order valence-corrected chi connectivity index (χ2v) is 9.28. The van der Waals surface area contributed by atoms with E-state index in [2.05, 4.69) is 0 Å². The minimum Gasteiger partial charge on any atom is -0.490 e. The lowest BCUT2D eigenvalue weighted by Crippen LogP contribution is -2.55. The maximum atomic E-state index is 10.4. The average Bonchev–Trinajstić information content (AvgIpc) is 3.20. The Morgan fingerprint density at radius 2 is 1.66 bits per heavy atom. The Bertz CT molecular complexity index is 940. The number of hydrogen-bond donors (Lipinski definition) is 4. The summed E-state index contributed by atoms with van der Waals surface area (Å²) in [6.45, 7) is 1.11. The lowest BCUT2D eigenvalue weighted by Gasteiger charge is -2.40. The fraction of sp³-hybridized carbons (Fsp3) is 0.500. The largest absolute Gasteiger partial charge is 0.490 e. The van der Waals surface area contributed by atoms with Gasteiger partial charge in [-0.2, -0.15) is 0 Å². The van der Waals surface area contributed by atoms with Crippen molar-refractivity contribution in [3.05, 3.63) is 64.2 Å². The van der Waals surface area contributed by atoms with Crippen molar-refractivity contribution in [2.45, 2.75) is 43.0 Å². The van der Waals surface area contributed by atoms with Gasteiger partial charge >= 0.3 is 0 Å². The van der Waals surface area contributed by atoms with Crippen LogP contribution in [0.2, 0.25) is 5.02 Å². The Morgan fingerprint density at radius 1 is 0.938 bits per heavy atom. The molecule has 172 valence electrons. The van der Waals surface area contributed by atoms with E-state index >= 15 is 0 Å². The fourth-order valence-electron chi connectivity index (χ4n) is 4.71. The Hall–Kier alpha value is -1.71. The first-order valence-corrected chi connectivity index (χ1v) is 11.3. The molecule has 0 radical (unpaired) electrons. The topological polar surface area (TPSA) is 109 Å². The number of ether oxygens (including phenoxy) is 3. The van der Waals surface area contributed by atoms with Crippen molar-refractivity contribution in [2.75, 3.05) is 19.8 Å². The molecule has 3 fully saturated rings. The smallest absolute Gasteiger partial charge is 0.119 e. The highest BCUT2D eigenvalue weighted by molar-refractivity contribution is 6.31. The van der Waals surface area contributed by atoms with Gasteiger partial charge in [0.1, 0.15) is 42.4 Å². The van der Waals surface area contributed by atoms with Gasteiger partial charge in [-0.25, -0.2) is 0 Å². The van der Waals surface area contributed by atoms with E-state index in [4.69, 9.17) is 25.8 Å². The monoisotopic (exact) mass is 462 g/mol. The van der Waals surface area contributed by atoms with Gasteiger partial charge in [-0.3, -0.25) is 0 Å². The van der Waals surface area contributed by atoms with E-state index in [-0.39, 0.29) is 6.10 Å². The summed E-state index contributed by atoms with van der Waals surface area (Å²) in [5.41, 5.74) is 2.50. The molecule has 2 aliphatic heterocycles. The summed E-state index contributed by atoms with van der Waals surface area (Å²) in [5, 5.41) is 40.5. The van der Waals surface area contributed by atoms with Gasteiger partial charge in [0.25, 0.3) is 0 Å². The Kier molecular flexibility index (Phi) is 6.15. The lowest BCUT2D eigenvalue weighted by molar-refractivity contribution is -0.231. The maximum absolute atomic E-state index is 10.4. The number of benzene rings is 2. The van der Waals surface area contributed by atoms with Gasteiger partial charge < -0.3 is 34.6 Å². The maximum Gasteiger partial charge on any atom is 0.119 e. The Morgan fingerprint density at radius 3 is 2.34 bits per heavy atom. The van der Waals surface area contributed by atoms with Crippen LogP contribution in [-0.4, -0.2) is 70.8 Å². The number of rotatable bonds is 6. The first-order chi connectivity index (χ1) is 15.5. The molecule has 0 aromatic heterocycles. The highest BCUT2D eigenvalue weighted by Gasteiger charge is 2.56. The molecule has 1 saturated carbocycles. The molecular formula is C24H27ClO7. The SMILES string of the molecule is OC[C@H]1O[C@@H](c2ccc(Cl)c(Cc3ccc(OC4C5COCC54)cc3)c2)[C@H](O)[C@@H](O)[C@@H]1O. The molecule has 0 bridgehead atoms. The molecular weight excluding hydrogens is 436 g/mol. The quantitative estimate of drug-likeness (QED) is 0.514. The molecule has 32 heavy (non-hydrogen) atoms. The summed E-state index contributed by atoms with van der Waals surface area (Å²) in [5.74, 6) is 1.89. The van der Waals surface area contributed by atoms with Crippen LogP contribution >= 0.6 is 11.6 Å². The molecule has 1 aliphatic carbocycles. The van der Waals surface area contributed by atoms with E-state index in [0.29, 0.717) is 28.8 Å². The number of aliphatic hydroxyl groups is 4. The minimum absolute atomic E-state index is 0.263. The second kappa shape index (κ2) is 8.91. The average molecular weight is 463 g/mol. The van der Waals surface area contributed by atoms with Crippen LogP contribution in [0.15, 0.2) is 42.5 Å². The van der Waals surface area contributed by atoms with Crippen molar-refractivity contribution < 1.29 is 34.6 Å². The van der Waals surface area contributed by atoms with Crippen molar-refractivity contribution in [3.63, 3.8) is 0 Å². The van der Waals surface area contributed by atoms with Gasteiger partial charge in [0.2, 0.25) is 0 Å². The normalized spacial score (nSPS) is 36.0. The second-order valence-electron chi connectivity index (χ2n) is 8.87. The van der Waals surface area contributed by atoms with Gasteiger partial charge in [0.15, 0.2) is 0 Å². The van der Waals surface area contributed by atoms with E-state index in [1.54, 1.807) is 12.1 Å². The number of aliphatic hydroxyl groups excluding tert-OH is 4. The zero-order chi connectivity index (χ0) is 22.4. The molecule has 0 spiro atoms. The standard InChI is InChI=1S/C24H27ClO7/c25-18-6-3-13(23-22(29)21(28)20(27)19(9-26)32-23)8-14(18)7-12-1-4-15(5-2-12)31-24-16-10-30-11-17(16)24/h1-6,8,16-17,19-24,26-29H,7,9-11H2/t16?,17?,19-,20-,21+,22-,23+,24?/m1/s1. The van der Waals surface area contributed by atoms with Gasteiger partial charge in [0, 0.05) is 16.9 Å². The third-order valence-corrected chi connectivity index (χ3v) is 7.12. The molecule has 8 heteroatoms. The van der Waals surface area contributed by atoms with Crippen molar-refractivity contribution in [3.8, 4) is 5.75 Å². The molecule has 2 saturated heterocycles. The molecule has 3 aliphatic rings. The molecule has 2 heterocycles. The van der Waals surface area contributed by atoms with E-state index in [1.807, 2.05) is 30.3 Å². The Labute approximate surface area is 191 Å². The van der Waals surface area contributed by atoms with E-state index in [0.717, 1.165) is 30.1 Å². The van der Waals surface area contributed by atoms with Crippen LogP contribution in [0, 0.1) is 11.8 Å². The van der Waals surface area contributed by atoms with Gasteiger partial charge in [-0.05, 0) is 41.3 Å². The number of halogens is 1. The van der Waals surface area contributed by atoms with Crippen LogP contribution in [0.5, 0.6) is 5.75 Å². The van der Waals surface area contributed by atoms with Gasteiger partial charge in [-0.15, -0.1) is 0 Å². The highest BCUT2D eigenvalue weighted by Crippen LogP contribution is 2.46. The van der Waals surface area contributed by atoms with Crippen LogP contribution < -0.4 is 4.74 Å². The first-order valence-electron chi connectivity index (χ1n) is 10.9. The third kappa shape index (κ3) is 4.15. The van der Waals surface area contributed by atoms with Crippen LogP contribution in [0.25, 0.3) is 0 Å². The van der Waals surface area contributed by atoms with Crippen molar-refractivity contribution in [1.29, 1.82) is 0 Å². The van der Waals surface area contributed by atoms with E-state index < -0.39 is 37.1 Å². The fourth-order valence-corrected chi connectivity index (χ4v) is 4.89. The van der Waals surface area contributed by atoms with Gasteiger partial charge in [0.05, 0.1) is 19.8 Å². The molecule has 0 amide bonds. The predicted molar refractivity (Wildman–Crippen MR) is 116 cm³/mol. The van der Waals surface area contributed by atoms with Crippen LogP contribution in [-0.2, 0) is 15.9 Å². The van der Waals surface area contributed by atoms with Crippen LogP contribution in [0.4, 0.5) is 0 Å². The lowest BCUT2D eigenvalue weighted by atomic mass is 9.90. The molecule has 2 unspecified atom stereocenters. The summed E-state index contributed by atoms with van der Waals surface area (Å²) in [6, 6.07) is 13.2. The minimum atomic E-state index is -1.42. The summed E-state index contributed by atoms with van der Waals surface area (Å²) >= 11 is 6.42. The van der Waals surface area contributed by atoms with Crippen molar-refractivity contribution in [2.24, 2.45) is 11.8 Å².